The third-order valence-electron chi connectivity index (χ3n) is 3.53. The fourth-order valence-electron chi connectivity index (χ4n) is 2.10. The summed E-state index contributed by atoms with van der Waals surface area (Å²) in [5, 5.41) is 2.85. The molecular weight excluding hydrogens is 268 g/mol. The first-order valence-corrected chi connectivity index (χ1v) is 7.25. The van der Waals surface area contributed by atoms with Gasteiger partial charge in [-0.05, 0) is 21.1 Å². The molecule has 0 aromatic carbocycles. The highest BCUT2D eigenvalue weighted by molar-refractivity contribution is 5.93. The fourth-order valence-corrected chi connectivity index (χ4v) is 2.10. The van der Waals surface area contributed by atoms with E-state index >= 15 is 0 Å². The van der Waals surface area contributed by atoms with Gasteiger partial charge in [0.05, 0.1) is 5.56 Å². The first-order valence-electron chi connectivity index (χ1n) is 7.25. The van der Waals surface area contributed by atoms with Crippen LogP contribution in [-0.2, 0) is 0 Å². The van der Waals surface area contributed by atoms with Crippen LogP contribution >= 0.6 is 0 Å². The molecule has 1 aromatic rings. The molecule has 1 N–H and O–H groups in total. The van der Waals surface area contributed by atoms with Crippen molar-refractivity contribution in [3.05, 3.63) is 18.0 Å². The number of hydrogen-bond donors (Lipinski definition) is 1. The van der Waals surface area contributed by atoms with Gasteiger partial charge in [0.25, 0.3) is 5.91 Å². The molecule has 2 rings (SSSR count). The van der Waals surface area contributed by atoms with Crippen LogP contribution < -0.4 is 10.2 Å². The number of nitrogens with zero attached hydrogens (tertiary/aromatic N) is 5. The summed E-state index contributed by atoms with van der Waals surface area (Å²) < 4.78 is 0. The smallest absolute Gasteiger partial charge is 0.254 e. The molecule has 1 saturated heterocycles. The van der Waals surface area contributed by atoms with Gasteiger partial charge in [-0.2, -0.15) is 0 Å². The SMILES string of the molecule is CN(C)CCNC(=O)c1cnc(N2CCN(C)CC2)nc1. The number of piperazine rings is 1. The Balaban J connectivity index is 1.88. The van der Waals surface area contributed by atoms with Crippen LogP contribution in [0.5, 0.6) is 0 Å². The molecule has 2 heterocycles. The molecular formula is C14H24N6O. The van der Waals surface area contributed by atoms with E-state index in [4.69, 9.17) is 0 Å². The molecule has 0 aliphatic carbocycles. The van der Waals surface area contributed by atoms with Crippen molar-refractivity contribution < 1.29 is 4.79 Å². The predicted molar refractivity (Wildman–Crippen MR) is 82.6 cm³/mol. The van der Waals surface area contributed by atoms with Crippen molar-refractivity contribution >= 4 is 11.9 Å². The van der Waals surface area contributed by atoms with Crippen LogP contribution in [0.25, 0.3) is 0 Å². The second kappa shape index (κ2) is 7.33. The fraction of sp³-hybridized carbons (Fsp3) is 0.643. The molecule has 0 saturated carbocycles. The Kier molecular flexibility index (Phi) is 5.46. The molecule has 0 bridgehead atoms. The number of amides is 1. The third-order valence-corrected chi connectivity index (χ3v) is 3.53. The van der Waals surface area contributed by atoms with Crippen LogP contribution in [-0.4, -0.2) is 86.1 Å². The predicted octanol–water partition coefficient (Wildman–Crippen LogP) is -0.480. The summed E-state index contributed by atoms with van der Waals surface area (Å²) >= 11 is 0. The minimum atomic E-state index is -0.123. The van der Waals surface area contributed by atoms with Gasteiger partial charge >= 0.3 is 0 Å². The molecule has 0 atom stereocenters. The summed E-state index contributed by atoms with van der Waals surface area (Å²) in [5.74, 6) is 0.578. The number of hydrogen-bond acceptors (Lipinski definition) is 6. The molecule has 116 valence electrons. The summed E-state index contributed by atoms with van der Waals surface area (Å²) in [5.41, 5.74) is 0.506. The van der Waals surface area contributed by atoms with Crippen LogP contribution in [0.2, 0.25) is 0 Å². The van der Waals surface area contributed by atoms with Crippen molar-refractivity contribution in [1.82, 2.24) is 25.1 Å². The van der Waals surface area contributed by atoms with Gasteiger partial charge in [0, 0.05) is 51.7 Å². The molecule has 7 heteroatoms. The molecule has 1 amide bonds. The zero-order valence-corrected chi connectivity index (χ0v) is 13.0. The third kappa shape index (κ3) is 4.64. The molecule has 21 heavy (non-hydrogen) atoms. The van der Waals surface area contributed by atoms with Crippen molar-refractivity contribution in [2.45, 2.75) is 0 Å². The lowest BCUT2D eigenvalue weighted by atomic mass is 10.3. The Morgan fingerprint density at radius 2 is 1.86 bits per heavy atom. The molecule has 1 fully saturated rings. The van der Waals surface area contributed by atoms with Gasteiger partial charge < -0.3 is 20.0 Å². The van der Waals surface area contributed by atoms with Gasteiger partial charge in [-0.3, -0.25) is 4.79 Å². The summed E-state index contributed by atoms with van der Waals surface area (Å²) in [7, 11) is 6.06. The lowest BCUT2D eigenvalue weighted by Gasteiger charge is -2.32. The number of anilines is 1. The largest absolute Gasteiger partial charge is 0.351 e. The van der Waals surface area contributed by atoms with Gasteiger partial charge in [-0.15, -0.1) is 0 Å². The van der Waals surface area contributed by atoms with E-state index in [1.54, 1.807) is 12.4 Å². The molecule has 1 aliphatic heterocycles. The molecule has 1 aromatic heterocycles. The van der Waals surface area contributed by atoms with E-state index in [0.717, 1.165) is 32.7 Å². The number of rotatable bonds is 5. The number of carbonyl (C=O) groups is 1. The second-order valence-electron chi connectivity index (χ2n) is 5.62. The maximum atomic E-state index is 11.9. The topological polar surface area (TPSA) is 64.6 Å². The molecule has 1 aliphatic rings. The summed E-state index contributed by atoms with van der Waals surface area (Å²) in [6, 6.07) is 0. The monoisotopic (exact) mass is 292 g/mol. The molecule has 0 radical (unpaired) electrons. The molecule has 0 unspecified atom stereocenters. The zero-order chi connectivity index (χ0) is 15.2. The highest BCUT2D eigenvalue weighted by atomic mass is 16.1. The van der Waals surface area contributed by atoms with E-state index in [2.05, 4.69) is 32.1 Å². The van der Waals surface area contributed by atoms with Gasteiger partial charge in [0.1, 0.15) is 0 Å². The van der Waals surface area contributed by atoms with Crippen molar-refractivity contribution in [2.24, 2.45) is 0 Å². The van der Waals surface area contributed by atoms with E-state index in [-0.39, 0.29) is 5.91 Å². The van der Waals surface area contributed by atoms with Gasteiger partial charge in [-0.25, -0.2) is 9.97 Å². The van der Waals surface area contributed by atoms with E-state index in [0.29, 0.717) is 18.1 Å². The Bertz CT molecular complexity index is 453. The van der Waals surface area contributed by atoms with Crippen LogP contribution in [0.15, 0.2) is 12.4 Å². The average molecular weight is 292 g/mol. The van der Waals surface area contributed by atoms with Crippen LogP contribution in [0.3, 0.4) is 0 Å². The quantitative estimate of drug-likeness (QED) is 0.791. The Labute approximate surface area is 126 Å². The first kappa shape index (κ1) is 15.7. The Morgan fingerprint density at radius 1 is 1.24 bits per heavy atom. The molecule has 7 nitrogen and oxygen atoms in total. The van der Waals surface area contributed by atoms with Gasteiger partial charge in [0.15, 0.2) is 0 Å². The lowest BCUT2D eigenvalue weighted by Crippen LogP contribution is -2.45. The van der Waals surface area contributed by atoms with Crippen LogP contribution in [0.1, 0.15) is 10.4 Å². The standard InChI is InChI=1S/C14H24N6O/c1-18(2)5-4-15-13(21)12-10-16-14(17-11-12)20-8-6-19(3)7-9-20/h10-11H,4-9H2,1-3H3,(H,15,21). The zero-order valence-electron chi connectivity index (χ0n) is 13.0. The number of nitrogens with one attached hydrogen (secondary N) is 1. The Hall–Kier alpha value is -1.73. The second-order valence-corrected chi connectivity index (χ2v) is 5.62. The number of likely N-dealkylation sites (N-methyl/N-ethyl adjacent to an activating group) is 2. The van der Waals surface area contributed by atoms with Crippen molar-refractivity contribution in [3.63, 3.8) is 0 Å². The maximum absolute atomic E-state index is 11.9. The van der Waals surface area contributed by atoms with Crippen LogP contribution in [0, 0.1) is 0 Å². The maximum Gasteiger partial charge on any atom is 0.254 e. The summed E-state index contributed by atoms with van der Waals surface area (Å²) in [6.07, 6.45) is 3.21. The van der Waals surface area contributed by atoms with Crippen LogP contribution in [0.4, 0.5) is 5.95 Å². The number of carbonyl (C=O) groups excluding carboxylic acids is 1. The van der Waals surface area contributed by atoms with E-state index in [1.807, 2.05) is 19.0 Å². The highest BCUT2D eigenvalue weighted by Gasteiger charge is 2.16. The lowest BCUT2D eigenvalue weighted by molar-refractivity contribution is 0.0950. The van der Waals surface area contributed by atoms with E-state index in [9.17, 15) is 4.79 Å². The van der Waals surface area contributed by atoms with Gasteiger partial charge in [0.2, 0.25) is 5.95 Å². The minimum Gasteiger partial charge on any atom is -0.351 e. The first-order chi connectivity index (χ1) is 10.1. The van der Waals surface area contributed by atoms with Crippen molar-refractivity contribution in [2.75, 3.05) is 65.3 Å². The number of aromatic nitrogens is 2. The van der Waals surface area contributed by atoms with Crippen molar-refractivity contribution in [1.29, 1.82) is 0 Å². The van der Waals surface area contributed by atoms with Crippen molar-refractivity contribution in [3.8, 4) is 0 Å². The van der Waals surface area contributed by atoms with E-state index in [1.165, 1.54) is 0 Å². The summed E-state index contributed by atoms with van der Waals surface area (Å²) in [6.45, 7) is 5.29. The van der Waals surface area contributed by atoms with E-state index < -0.39 is 0 Å². The highest BCUT2D eigenvalue weighted by Crippen LogP contribution is 2.09. The molecule has 0 spiro atoms. The van der Waals surface area contributed by atoms with Gasteiger partial charge in [-0.1, -0.05) is 0 Å². The normalized spacial score (nSPS) is 16.3. The minimum absolute atomic E-state index is 0.123. The Morgan fingerprint density at radius 3 is 2.43 bits per heavy atom. The average Bonchev–Trinajstić information content (AvgIpc) is 2.48. The summed E-state index contributed by atoms with van der Waals surface area (Å²) in [4.78, 5) is 27.0.